The maximum Gasteiger partial charge on any atom is 0.260 e. The van der Waals surface area contributed by atoms with Crippen LogP contribution in [0.15, 0.2) is 29.4 Å². The van der Waals surface area contributed by atoms with E-state index in [0.29, 0.717) is 12.2 Å². The summed E-state index contributed by atoms with van der Waals surface area (Å²) in [7, 11) is -3.69. The van der Waals surface area contributed by atoms with Crippen molar-refractivity contribution < 1.29 is 8.42 Å². The van der Waals surface area contributed by atoms with E-state index < -0.39 is 10.0 Å². The lowest BCUT2D eigenvalue weighted by Crippen LogP contribution is -2.34. The molecule has 2 aromatic rings. The second-order valence-electron chi connectivity index (χ2n) is 5.57. The fourth-order valence-corrected chi connectivity index (χ4v) is 3.19. The minimum absolute atomic E-state index is 0.00000283. The zero-order valence-corrected chi connectivity index (χ0v) is 12.7. The fraction of sp³-hybridized carbons (Fsp3) is 0.462. The van der Waals surface area contributed by atoms with Crippen molar-refractivity contribution in [2.24, 2.45) is 5.41 Å². The molecule has 2 heterocycles. The van der Waals surface area contributed by atoms with E-state index in [0.717, 1.165) is 6.42 Å². The second-order valence-corrected chi connectivity index (χ2v) is 7.26. The van der Waals surface area contributed by atoms with Crippen LogP contribution in [0.1, 0.15) is 27.2 Å². The van der Waals surface area contributed by atoms with E-state index in [1.54, 1.807) is 24.4 Å². The number of nitrogen functional groups attached to an aromatic ring is 1. The highest BCUT2D eigenvalue weighted by Crippen LogP contribution is 2.22. The lowest BCUT2D eigenvalue weighted by molar-refractivity contribution is 0.350. The van der Waals surface area contributed by atoms with E-state index in [4.69, 9.17) is 5.73 Å². The van der Waals surface area contributed by atoms with Gasteiger partial charge in [0.15, 0.2) is 10.8 Å². The highest BCUT2D eigenvalue weighted by molar-refractivity contribution is 7.89. The Morgan fingerprint density at radius 1 is 1.40 bits per heavy atom. The van der Waals surface area contributed by atoms with Gasteiger partial charge >= 0.3 is 0 Å². The molecule has 0 aliphatic carbocycles. The van der Waals surface area contributed by atoms with Gasteiger partial charge in [-0.25, -0.2) is 18.1 Å². The molecule has 0 fully saturated rings. The summed E-state index contributed by atoms with van der Waals surface area (Å²) < 4.78 is 29.0. The SMILES string of the molecule is CCC(C)(C)CNS(=O)(=O)c1c(N)nc2ccccn12. The largest absolute Gasteiger partial charge is 0.381 e. The van der Waals surface area contributed by atoms with Gasteiger partial charge in [0, 0.05) is 12.7 Å². The minimum Gasteiger partial charge on any atom is -0.381 e. The van der Waals surface area contributed by atoms with Crippen molar-refractivity contribution >= 4 is 21.5 Å². The van der Waals surface area contributed by atoms with Gasteiger partial charge in [-0.2, -0.15) is 0 Å². The van der Waals surface area contributed by atoms with Crippen molar-refractivity contribution in [3.63, 3.8) is 0 Å². The predicted octanol–water partition coefficient (Wildman–Crippen LogP) is 1.63. The van der Waals surface area contributed by atoms with Gasteiger partial charge < -0.3 is 5.73 Å². The van der Waals surface area contributed by atoms with E-state index in [2.05, 4.69) is 9.71 Å². The number of nitrogens with two attached hydrogens (primary N) is 1. The average Bonchev–Trinajstić information content (AvgIpc) is 2.73. The first-order valence-corrected chi connectivity index (χ1v) is 7.97. The van der Waals surface area contributed by atoms with Crippen LogP contribution in [-0.4, -0.2) is 24.3 Å². The average molecular weight is 296 g/mol. The molecule has 3 N–H and O–H groups in total. The number of sulfonamides is 1. The van der Waals surface area contributed by atoms with Gasteiger partial charge in [-0.3, -0.25) is 4.40 Å². The number of imidazole rings is 1. The fourth-order valence-electron chi connectivity index (χ4n) is 1.74. The van der Waals surface area contributed by atoms with Crippen LogP contribution in [0.2, 0.25) is 0 Å². The molecule has 0 saturated carbocycles. The molecule has 0 saturated heterocycles. The molecular weight excluding hydrogens is 276 g/mol. The Bertz CT molecular complexity index is 719. The number of hydrogen-bond acceptors (Lipinski definition) is 4. The van der Waals surface area contributed by atoms with E-state index in [1.807, 2.05) is 20.8 Å². The molecule has 0 bridgehead atoms. The molecular formula is C13H20N4O2S. The van der Waals surface area contributed by atoms with Gasteiger partial charge in [0.25, 0.3) is 10.0 Å². The van der Waals surface area contributed by atoms with E-state index >= 15 is 0 Å². The Hall–Kier alpha value is -1.60. The lowest BCUT2D eigenvalue weighted by atomic mass is 9.91. The van der Waals surface area contributed by atoms with Crippen molar-refractivity contribution in [2.75, 3.05) is 12.3 Å². The quantitative estimate of drug-likeness (QED) is 0.877. The van der Waals surface area contributed by atoms with Crippen molar-refractivity contribution in [1.29, 1.82) is 0 Å². The van der Waals surface area contributed by atoms with Crippen LogP contribution < -0.4 is 10.5 Å². The summed E-state index contributed by atoms with van der Waals surface area (Å²) >= 11 is 0. The highest BCUT2D eigenvalue weighted by atomic mass is 32.2. The standard InChI is InChI=1S/C13H20N4O2S/c1-4-13(2,3)9-15-20(18,19)12-11(14)16-10-7-5-6-8-17(10)12/h5-8,15H,4,9,14H2,1-3H3. The molecule has 2 aromatic heterocycles. The maximum atomic E-state index is 12.4. The van der Waals surface area contributed by atoms with Crippen LogP contribution in [0.3, 0.4) is 0 Å². The molecule has 110 valence electrons. The first kappa shape index (κ1) is 14.8. The molecule has 7 heteroatoms. The van der Waals surface area contributed by atoms with Gasteiger partial charge in [-0.15, -0.1) is 0 Å². The predicted molar refractivity (Wildman–Crippen MR) is 78.9 cm³/mol. The number of anilines is 1. The number of nitrogens with zero attached hydrogens (tertiary/aromatic N) is 2. The Labute approximate surface area is 119 Å². The molecule has 0 unspecified atom stereocenters. The third-order valence-electron chi connectivity index (χ3n) is 3.46. The Kier molecular flexibility index (Phi) is 3.75. The number of fused-ring (bicyclic) bond motifs is 1. The third kappa shape index (κ3) is 2.78. The number of pyridine rings is 1. The zero-order chi connectivity index (χ0) is 15.0. The third-order valence-corrected chi connectivity index (χ3v) is 4.90. The lowest BCUT2D eigenvalue weighted by Gasteiger charge is -2.22. The molecule has 0 aliphatic rings. The second kappa shape index (κ2) is 5.06. The van der Waals surface area contributed by atoms with Gasteiger partial charge in [0.2, 0.25) is 0 Å². The number of rotatable bonds is 5. The van der Waals surface area contributed by atoms with Crippen LogP contribution in [0.5, 0.6) is 0 Å². The molecule has 0 aliphatic heterocycles. The van der Waals surface area contributed by atoms with E-state index in [1.165, 1.54) is 4.40 Å². The van der Waals surface area contributed by atoms with Crippen molar-refractivity contribution in [1.82, 2.24) is 14.1 Å². The van der Waals surface area contributed by atoms with Gasteiger partial charge in [-0.05, 0) is 24.0 Å². The van der Waals surface area contributed by atoms with Crippen molar-refractivity contribution in [3.05, 3.63) is 24.4 Å². The van der Waals surface area contributed by atoms with Crippen molar-refractivity contribution in [3.8, 4) is 0 Å². The highest BCUT2D eigenvalue weighted by Gasteiger charge is 2.26. The summed E-state index contributed by atoms with van der Waals surface area (Å²) in [5.41, 5.74) is 6.17. The van der Waals surface area contributed by atoms with Crippen LogP contribution in [0, 0.1) is 5.41 Å². The normalized spacial score (nSPS) is 12.9. The summed E-state index contributed by atoms with van der Waals surface area (Å²) in [5, 5.41) is 0.00000283. The van der Waals surface area contributed by atoms with Gasteiger partial charge in [-0.1, -0.05) is 26.8 Å². The summed E-state index contributed by atoms with van der Waals surface area (Å²) in [6, 6.07) is 5.24. The summed E-state index contributed by atoms with van der Waals surface area (Å²) in [6.45, 7) is 6.39. The van der Waals surface area contributed by atoms with Crippen LogP contribution >= 0.6 is 0 Å². The summed E-state index contributed by atoms with van der Waals surface area (Å²) in [5.74, 6) is 0.0120. The molecule has 0 aromatic carbocycles. The number of nitrogens with one attached hydrogen (secondary N) is 1. The Balaban J connectivity index is 2.40. The van der Waals surface area contributed by atoms with Crippen LogP contribution in [-0.2, 0) is 10.0 Å². The minimum atomic E-state index is -3.69. The van der Waals surface area contributed by atoms with E-state index in [9.17, 15) is 8.42 Å². The molecule has 2 rings (SSSR count). The topological polar surface area (TPSA) is 89.5 Å². The molecule has 0 radical (unpaired) electrons. The smallest absolute Gasteiger partial charge is 0.260 e. The molecule has 0 amide bonds. The Morgan fingerprint density at radius 2 is 2.10 bits per heavy atom. The molecule has 0 atom stereocenters. The van der Waals surface area contributed by atoms with Crippen LogP contribution in [0.25, 0.3) is 5.65 Å². The van der Waals surface area contributed by atoms with E-state index in [-0.39, 0.29) is 16.3 Å². The maximum absolute atomic E-state index is 12.4. The van der Waals surface area contributed by atoms with Crippen molar-refractivity contribution in [2.45, 2.75) is 32.2 Å². The number of aromatic nitrogens is 2. The van der Waals surface area contributed by atoms with Crippen LogP contribution in [0.4, 0.5) is 5.82 Å². The monoisotopic (exact) mass is 296 g/mol. The Morgan fingerprint density at radius 3 is 2.75 bits per heavy atom. The molecule has 20 heavy (non-hydrogen) atoms. The molecule has 6 nitrogen and oxygen atoms in total. The number of hydrogen-bond donors (Lipinski definition) is 2. The molecule has 0 spiro atoms. The summed E-state index contributed by atoms with van der Waals surface area (Å²) in [4.78, 5) is 4.07. The first-order valence-electron chi connectivity index (χ1n) is 6.49. The summed E-state index contributed by atoms with van der Waals surface area (Å²) in [6.07, 6.45) is 2.51. The first-order chi connectivity index (χ1) is 9.27. The zero-order valence-electron chi connectivity index (χ0n) is 11.9. The van der Waals surface area contributed by atoms with Gasteiger partial charge in [0.1, 0.15) is 5.65 Å². The van der Waals surface area contributed by atoms with Gasteiger partial charge in [0.05, 0.1) is 0 Å².